The average molecular weight is 596 g/mol. The molecule has 0 aliphatic rings. The van der Waals surface area contributed by atoms with E-state index in [9.17, 15) is 24.0 Å². The monoisotopic (exact) mass is 595 g/mol. The molecule has 0 fully saturated rings. The molecule has 0 saturated carbocycles. The number of para-hydroxylation sites is 2. The van der Waals surface area contributed by atoms with Crippen LogP contribution in [0.4, 0.5) is 0 Å². The van der Waals surface area contributed by atoms with Crippen LogP contribution in [0.2, 0.25) is 0 Å². The van der Waals surface area contributed by atoms with Crippen molar-refractivity contribution in [2.24, 2.45) is 5.73 Å². The molecular formula is C33H33N5O6. The van der Waals surface area contributed by atoms with Crippen LogP contribution in [0.5, 0.6) is 5.75 Å². The number of primary amides is 1. The number of fused-ring (bicyclic) bond motifs is 1. The number of pyridine rings is 1. The molecule has 0 bridgehead atoms. The summed E-state index contributed by atoms with van der Waals surface area (Å²) < 4.78 is 5.95. The van der Waals surface area contributed by atoms with Crippen molar-refractivity contribution in [2.45, 2.75) is 37.9 Å². The van der Waals surface area contributed by atoms with Gasteiger partial charge >= 0.3 is 0 Å². The van der Waals surface area contributed by atoms with Gasteiger partial charge in [0, 0.05) is 5.39 Å². The van der Waals surface area contributed by atoms with Gasteiger partial charge in [-0.15, -0.1) is 0 Å². The lowest BCUT2D eigenvalue weighted by Crippen LogP contribution is -2.58. The number of hydrogen-bond donors (Lipinski definition) is 4. The lowest BCUT2D eigenvalue weighted by Gasteiger charge is -2.30. The summed E-state index contributed by atoms with van der Waals surface area (Å²) >= 11 is 0. The molecule has 0 unspecified atom stereocenters. The number of carbonyl (C=O) groups is 5. The van der Waals surface area contributed by atoms with E-state index in [2.05, 4.69) is 20.9 Å². The van der Waals surface area contributed by atoms with Gasteiger partial charge in [0.2, 0.25) is 18.2 Å². The molecule has 3 atom stereocenters. The molecule has 11 heteroatoms. The number of aromatic nitrogens is 1. The summed E-state index contributed by atoms with van der Waals surface area (Å²) in [4.78, 5) is 66.8. The zero-order valence-corrected chi connectivity index (χ0v) is 24.1. The second kappa shape index (κ2) is 15.1. The predicted molar refractivity (Wildman–Crippen MR) is 164 cm³/mol. The van der Waals surface area contributed by atoms with E-state index in [1.54, 1.807) is 42.5 Å². The molecule has 11 nitrogen and oxygen atoms in total. The Morgan fingerprint density at radius 2 is 1.57 bits per heavy atom. The van der Waals surface area contributed by atoms with Gasteiger partial charge in [0.25, 0.3) is 5.91 Å². The van der Waals surface area contributed by atoms with Crippen molar-refractivity contribution < 1.29 is 28.7 Å². The molecule has 1 aromatic heterocycles. The van der Waals surface area contributed by atoms with Gasteiger partial charge in [-0.05, 0) is 43.2 Å². The standard InChI is InChI=1S/C33H33N5O6/c1-21(40)24-12-6-8-14-30(24)44-19-29(35-20-39)27(17-22-9-3-2-4-10-22)37-33(43)28(18-31(34)41)38-32(42)26-16-15-23-11-5-7-13-25(23)36-26/h2-16,20,27-29H,17-19H2,1H3,(H2,34,41)(H,35,39)(H,37,43)(H,38,42)/t27-,28-,29+/m0/s1. The lowest BCUT2D eigenvalue weighted by molar-refractivity contribution is -0.127. The number of carbonyl (C=O) groups excluding carboxylic acids is 5. The van der Waals surface area contributed by atoms with Gasteiger partial charge in [-0.25, -0.2) is 4.98 Å². The Kier molecular flexibility index (Phi) is 10.7. The highest BCUT2D eigenvalue weighted by molar-refractivity contribution is 5.99. The number of benzene rings is 3. The number of ketones is 1. The molecular weight excluding hydrogens is 562 g/mol. The minimum atomic E-state index is -1.33. The van der Waals surface area contributed by atoms with Crippen LogP contribution < -0.4 is 26.4 Å². The SMILES string of the molecule is CC(=O)c1ccccc1OC[C@@H](NC=O)[C@H](Cc1ccccc1)NC(=O)[C@H](CC(N)=O)NC(=O)c1ccc2ccccc2n1. The molecule has 0 radical (unpaired) electrons. The summed E-state index contributed by atoms with van der Waals surface area (Å²) in [6, 6.07) is 23.6. The molecule has 0 aliphatic heterocycles. The zero-order chi connectivity index (χ0) is 31.5. The summed E-state index contributed by atoms with van der Waals surface area (Å²) in [5.74, 6) is -2.03. The molecule has 0 aliphatic carbocycles. The molecule has 5 N–H and O–H groups in total. The maximum absolute atomic E-state index is 13.6. The van der Waals surface area contributed by atoms with Crippen LogP contribution in [-0.2, 0) is 20.8 Å². The van der Waals surface area contributed by atoms with Gasteiger partial charge in [0.05, 0.1) is 29.6 Å². The maximum Gasteiger partial charge on any atom is 0.270 e. The van der Waals surface area contributed by atoms with Crippen LogP contribution in [0, 0.1) is 0 Å². The van der Waals surface area contributed by atoms with Crippen molar-refractivity contribution in [1.29, 1.82) is 0 Å². The summed E-state index contributed by atoms with van der Waals surface area (Å²) in [6.45, 7) is 1.32. The van der Waals surface area contributed by atoms with E-state index in [0.29, 0.717) is 23.2 Å². The quantitative estimate of drug-likeness (QED) is 0.121. The minimum Gasteiger partial charge on any atom is -0.491 e. The second-order valence-corrected chi connectivity index (χ2v) is 10.1. The third kappa shape index (κ3) is 8.48. The molecule has 44 heavy (non-hydrogen) atoms. The van der Waals surface area contributed by atoms with Crippen LogP contribution in [0.25, 0.3) is 10.9 Å². The summed E-state index contributed by atoms with van der Waals surface area (Å²) in [6.07, 6.45) is 0.278. The molecule has 4 rings (SSSR count). The number of nitrogens with zero attached hydrogens (tertiary/aromatic N) is 1. The van der Waals surface area contributed by atoms with Crippen molar-refractivity contribution in [3.8, 4) is 5.75 Å². The van der Waals surface area contributed by atoms with Gasteiger partial charge in [0.1, 0.15) is 24.1 Å². The zero-order valence-electron chi connectivity index (χ0n) is 24.1. The maximum atomic E-state index is 13.6. The van der Waals surface area contributed by atoms with Crippen molar-refractivity contribution in [1.82, 2.24) is 20.9 Å². The van der Waals surface area contributed by atoms with Gasteiger partial charge < -0.3 is 26.4 Å². The predicted octanol–water partition coefficient (Wildman–Crippen LogP) is 2.33. The molecule has 4 aromatic rings. The Morgan fingerprint density at radius 1 is 0.864 bits per heavy atom. The highest BCUT2D eigenvalue weighted by Crippen LogP contribution is 2.19. The molecule has 0 spiro atoms. The van der Waals surface area contributed by atoms with Crippen molar-refractivity contribution in [3.05, 3.63) is 108 Å². The van der Waals surface area contributed by atoms with Crippen LogP contribution in [0.3, 0.4) is 0 Å². The van der Waals surface area contributed by atoms with Gasteiger partial charge in [-0.2, -0.15) is 0 Å². The van der Waals surface area contributed by atoms with Crippen LogP contribution in [0.1, 0.15) is 39.8 Å². The topological polar surface area (TPSA) is 170 Å². The van der Waals surface area contributed by atoms with Gasteiger partial charge in [-0.3, -0.25) is 24.0 Å². The molecule has 1 heterocycles. The molecule has 4 amide bonds. The highest BCUT2D eigenvalue weighted by atomic mass is 16.5. The van der Waals surface area contributed by atoms with E-state index < -0.39 is 42.3 Å². The van der Waals surface area contributed by atoms with E-state index in [1.165, 1.54) is 13.0 Å². The smallest absolute Gasteiger partial charge is 0.270 e. The van der Waals surface area contributed by atoms with E-state index in [-0.39, 0.29) is 24.5 Å². The van der Waals surface area contributed by atoms with E-state index >= 15 is 0 Å². The Balaban J connectivity index is 1.57. The van der Waals surface area contributed by atoms with Crippen molar-refractivity contribution in [2.75, 3.05) is 6.61 Å². The largest absolute Gasteiger partial charge is 0.491 e. The highest BCUT2D eigenvalue weighted by Gasteiger charge is 2.30. The minimum absolute atomic E-state index is 0.0600. The lowest BCUT2D eigenvalue weighted by atomic mass is 9.98. The van der Waals surface area contributed by atoms with Crippen LogP contribution in [-0.4, -0.2) is 59.6 Å². The second-order valence-electron chi connectivity index (χ2n) is 10.1. The molecule has 0 saturated heterocycles. The van der Waals surface area contributed by atoms with E-state index in [0.717, 1.165) is 10.9 Å². The number of Topliss-reactive ketones (excluding diaryl/α,β-unsaturated/α-hetero) is 1. The summed E-state index contributed by atoms with van der Waals surface area (Å²) in [5, 5.41) is 8.97. The number of nitrogens with two attached hydrogens (primary N) is 1. The van der Waals surface area contributed by atoms with Crippen LogP contribution in [0.15, 0.2) is 91.0 Å². The Bertz CT molecular complexity index is 1640. The number of amides is 4. The number of hydrogen-bond acceptors (Lipinski definition) is 7. The first-order valence-corrected chi connectivity index (χ1v) is 14.0. The van der Waals surface area contributed by atoms with E-state index in [1.807, 2.05) is 42.5 Å². The fraction of sp³-hybridized carbons (Fsp3) is 0.212. The average Bonchev–Trinajstić information content (AvgIpc) is 3.02. The first kappa shape index (κ1) is 31.4. The summed E-state index contributed by atoms with van der Waals surface area (Å²) in [5.41, 5.74) is 7.30. The Morgan fingerprint density at radius 3 is 2.30 bits per heavy atom. The Hall–Kier alpha value is -5.58. The van der Waals surface area contributed by atoms with E-state index in [4.69, 9.17) is 10.5 Å². The first-order valence-electron chi connectivity index (χ1n) is 14.0. The molecule has 3 aromatic carbocycles. The normalized spacial score (nSPS) is 12.8. The van der Waals surface area contributed by atoms with Crippen molar-refractivity contribution in [3.63, 3.8) is 0 Å². The van der Waals surface area contributed by atoms with Gasteiger partial charge in [-0.1, -0.05) is 66.7 Å². The number of nitrogens with one attached hydrogen (secondary N) is 3. The van der Waals surface area contributed by atoms with Crippen LogP contribution >= 0.6 is 0 Å². The van der Waals surface area contributed by atoms with Crippen molar-refractivity contribution >= 4 is 40.8 Å². The third-order valence-corrected chi connectivity index (χ3v) is 6.94. The summed E-state index contributed by atoms with van der Waals surface area (Å²) in [7, 11) is 0. The fourth-order valence-electron chi connectivity index (χ4n) is 4.71. The first-order chi connectivity index (χ1) is 21.2. The molecule has 226 valence electrons. The number of rotatable bonds is 15. The third-order valence-electron chi connectivity index (χ3n) is 6.94. The number of ether oxygens (including phenoxy) is 1. The fourth-order valence-corrected chi connectivity index (χ4v) is 4.71. The van der Waals surface area contributed by atoms with Gasteiger partial charge in [0.15, 0.2) is 5.78 Å². The Labute approximate surface area is 254 Å².